The van der Waals surface area contributed by atoms with E-state index in [1.54, 1.807) is 0 Å². The zero-order valence-electron chi connectivity index (χ0n) is 8.34. The van der Waals surface area contributed by atoms with Gasteiger partial charge in [0.05, 0.1) is 0 Å². The molecule has 0 aliphatic heterocycles. The van der Waals surface area contributed by atoms with Crippen LogP contribution in [0.15, 0.2) is 18.2 Å². The summed E-state index contributed by atoms with van der Waals surface area (Å²) in [4.78, 5) is 10.7. The van der Waals surface area contributed by atoms with E-state index >= 15 is 0 Å². The van der Waals surface area contributed by atoms with Gasteiger partial charge in [0, 0.05) is 5.56 Å². The van der Waals surface area contributed by atoms with E-state index in [1.165, 1.54) is 17.5 Å². The summed E-state index contributed by atoms with van der Waals surface area (Å²) in [6.45, 7) is 4.22. The number of hydrogen-bond donors (Lipinski definition) is 0. The van der Waals surface area contributed by atoms with Crippen LogP contribution in [0, 0.1) is 6.92 Å². The molecule has 0 fully saturated rings. The Morgan fingerprint density at radius 2 is 2.15 bits per heavy atom. The van der Waals surface area contributed by atoms with Gasteiger partial charge in [0.25, 0.3) is 0 Å². The van der Waals surface area contributed by atoms with Crippen molar-refractivity contribution in [1.29, 1.82) is 0 Å². The molecule has 0 N–H and O–H groups in total. The van der Waals surface area contributed by atoms with Gasteiger partial charge in [-0.05, 0) is 25.3 Å². The molecule has 1 aromatic carbocycles. The van der Waals surface area contributed by atoms with Gasteiger partial charge in [-0.15, -0.1) is 0 Å². The van der Waals surface area contributed by atoms with Crippen molar-refractivity contribution >= 4 is 6.29 Å². The fraction of sp³-hybridized carbons (Fsp3) is 0.417. The number of aldehydes is 1. The molecule has 0 aliphatic carbocycles. The van der Waals surface area contributed by atoms with Crippen LogP contribution in [0.4, 0.5) is 0 Å². The van der Waals surface area contributed by atoms with Crippen LogP contribution in [0.1, 0.15) is 41.3 Å². The zero-order valence-corrected chi connectivity index (χ0v) is 8.34. The molecule has 0 saturated carbocycles. The minimum absolute atomic E-state index is 0.846. The predicted octanol–water partition coefficient (Wildman–Crippen LogP) is 3.15. The maximum atomic E-state index is 10.7. The van der Waals surface area contributed by atoms with Crippen molar-refractivity contribution in [3.8, 4) is 0 Å². The quantitative estimate of drug-likeness (QED) is 0.644. The third-order valence-electron chi connectivity index (χ3n) is 2.23. The summed E-state index contributed by atoms with van der Waals surface area (Å²) in [5.41, 5.74) is 3.27. The van der Waals surface area contributed by atoms with Crippen LogP contribution in [-0.4, -0.2) is 6.29 Å². The van der Waals surface area contributed by atoms with Crippen LogP contribution in [-0.2, 0) is 6.42 Å². The third kappa shape index (κ3) is 2.69. The van der Waals surface area contributed by atoms with Crippen molar-refractivity contribution in [2.45, 2.75) is 33.1 Å². The van der Waals surface area contributed by atoms with E-state index in [4.69, 9.17) is 0 Å². The molecule has 0 aromatic heterocycles. The largest absolute Gasteiger partial charge is 0.298 e. The first-order valence-electron chi connectivity index (χ1n) is 4.82. The molecule has 1 nitrogen and oxygen atoms in total. The molecule has 70 valence electrons. The number of hydrogen-bond acceptors (Lipinski definition) is 1. The summed E-state index contributed by atoms with van der Waals surface area (Å²) in [6.07, 6.45) is 4.30. The Hall–Kier alpha value is -1.11. The van der Waals surface area contributed by atoms with Crippen LogP contribution in [0.3, 0.4) is 0 Å². The van der Waals surface area contributed by atoms with Crippen molar-refractivity contribution < 1.29 is 4.79 Å². The lowest BCUT2D eigenvalue weighted by Crippen LogP contribution is -1.93. The second-order valence-electron chi connectivity index (χ2n) is 3.42. The Morgan fingerprint density at radius 3 is 2.77 bits per heavy atom. The monoisotopic (exact) mass is 176 g/mol. The lowest BCUT2D eigenvalue weighted by molar-refractivity contribution is 0.112. The smallest absolute Gasteiger partial charge is 0.150 e. The first kappa shape index (κ1) is 9.97. The van der Waals surface area contributed by atoms with Crippen LogP contribution in [0.5, 0.6) is 0 Å². The minimum atomic E-state index is 0.846. The van der Waals surface area contributed by atoms with E-state index in [2.05, 4.69) is 19.9 Å². The van der Waals surface area contributed by atoms with Crippen LogP contribution < -0.4 is 0 Å². The average molecular weight is 176 g/mol. The normalized spacial score (nSPS) is 10.0. The van der Waals surface area contributed by atoms with Crippen molar-refractivity contribution in [2.75, 3.05) is 0 Å². The van der Waals surface area contributed by atoms with Crippen molar-refractivity contribution in [3.63, 3.8) is 0 Å². The van der Waals surface area contributed by atoms with Crippen molar-refractivity contribution in [1.82, 2.24) is 0 Å². The highest BCUT2D eigenvalue weighted by atomic mass is 16.1. The van der Waals surface area contributed by atoms with Gasteiger partial charge in [0.1, 0.15) is 6.29 Å². The number of rotatable bonds is 4. The molecule has 0 spiro atoms. The van der Waals surface area contributed by atoms with E-state index in [1.807, 2.05) is 12.1 Å². The molecule has 0 atom stereocenters. The lowest BCUT2D eigenvalue weighted by Gasteiger charge is -2.04. The highest BCUT2D eigenvalue weighted by molar-refractivity contribution is 5.77. The van der Waals surface area contributed by atoms with E-state index < -0.39 is 0 Å². The Balaban J connectivity index is 2.87. The number of unbranched alkanes of at least 4 members (excludes halogenated alkanes) is 1. The zero-order chi connectivity index (χ0) is 9.68. The maximum Gasteiger partial charge on any atom is 0.150 e. The molecule has 0 unspecified atom stereocenters. The molecular weight excluding hydrogens is 160 g/mol. The third-order valence-corrected chi connectivity index (χ3v) is 2.23. The number of aryl methyl sites for hydroxylation is 2. The summed E-state index contributed by atoms with van der Waals surface area (Å²) in [5.74, 6) is 0. The average Bonchev–Trinajstić information content (AvgIpc) is 2.15. The van der Waals surface area contributed by atoms with Gasteiger partial charge >= 0.3 is 0 Å². The summed E-state index contributed by atoms with van der Waals surface area (Å²) in [5, 5.41) is 0. The highest BCUT2D eigenvalue weighted by Gasteiger charge is 2.00. The van der Waals surface area contributed by atoms with Crippen molar-refractivity contribution in [3.05, 3.63) is 34.9 Å². The summed E-state index contributed by atoms with van der Waals surface area (Å²) >= 11 is 0. The van der Waals surface area contributed by atoms with Gasteiger partial charge in [-0.25, -0.2) is 0 Å². The van der Waals surface area contributed by atoms with E-state index in [9.17, 15) is 4.79 Å². The maximum absolute atomic E-state index is 10.7. The van der Waals surface area contributed by atoms with Gasteiger partial charge in [-0.3, -0.25) is 4.79 Å². The molecule has 1 aromatic rings. The second kappa shape index (κ2) is 4.80. The fourth-order valence-corrected chi connectivity index (χ4v) is 1.43. The lowest BCUT2D eigenvalue weighted by atomic mass is 10.0. The first-order valence-corrected chi connectivity index (χ1v) is 4.82. The second-order valence-corrected chi connectivity index (χ2v) is 3.42. The van der Waals surface area contributed by atoms with E-state index in [-0.39, 0.29) is 0 Å². The van der Waals surface area contributed by atoms with Gasteiger partial charge in [-0.1, -0.05) is 37.1 Å². The van der Waals surface area contributed by atoms with Crippen molar-refractivity contribution in [2.24, 2.45) is 0 Å². The molecular formula is C12H16O. The summed E-state index contributed by atoms with van der Waals surface area (Å²) < 4.78 is 0. The van der Waals surface area contributed by atoms with Crippen LogP contribution >= 0.6 is 0 Å². The standard InChI is InChI=1S/C12H16O/c1-3-4-5-11-8-10(2)6-7-12(11)9-13/h6-9H,3-5H2,1-2H3. The Morgan fingerprint density at radius 1 is 1.38 bits per heavy atom. The van der Waals surface area contributed by atoms with Crippen LogP contribution in [0.2, 0.25) is 0 Å². The molecule has 0 amide bonds. The molecule has 0 aliphatic rings. The van der Waals surface area contributed by atoms with Gasteiger partial charge < -0.3 is 0 Å². The summed E-state index contributed by atoms with van der Waals surface area (Å²) in [7, 11) is 0. The molecule has 0 radical (unpaired) electrons. The summed E-state index contributed by atoms with van der Waals surface area (Å²) in [6, 6.07) is 6.01. The molecule has 0 heterocycles. The van der Waals surface area contributed by atoms with Gasteiger partial charge in [-0.2, -0.15) is 0 Å². The topological polar surface area (TPSA) is 17.1 Å². The Kier molecular flexibility index (Phi) is 3.69. The Bertz CT molecular complexity index is 289. The fourth-order valence-electron chi connectivity index (χ4n) is 1.43. The van der Waals surface area contributed by atoms with Crippen LogP contribution in [0.25, 0.3) is 0 Å². The number of carbonyl (C=O) groups excluding carboxylic acids is 1. The molecule has 13 heavy (non-hydrogen) atoms. The highest BCUT2D eigenvalue weighted by Crippen LogP contribution is 2.12. The first-order chi connectivity index (χ1) is 6.27. The molecule has 0 bridgehead atoms. The number of benzene rings is 1. The molecule has 1 rings (SSSR count). The van der Waals surface area contributed by atoms with E-state index in [0.717, 1.165) is 24.7 Å². The van der Waals surface area contributed by atoms with Gasteiger partial charge in [0.15, 0.2) is 0 Å². The van der Waals surface area contributed by atoms with Gasteiger partial charge in [0.2, 0.25) is 0 Å². The minimum Gasteiger partial charge on any atom is -0.298 e. The molecule has 1 heteroatoms. The predicted molar refractivity (Wildman–Crippen MR) is 55.2 cm³/mol. The number of carbonyl (C=O) groups is 1. The SMILES string of the molecule is CCCCc1cc(C)ccc1C=O. The molecule has 0 saturated heterocycles. The van der Waals surface area contributed by atoms with E-state index in [0.29, 0.717) is 0 Å². The Labute approximate surface area is 79.8 Å².